The molecule has 2 heterocycles. The van der Waals surface area contributed by atoms with E-state index in [-0.39, 0.29) is 17.7 Å². The van der Waals surface area contributed by atoms with Crippen molar-refractivity contribution in [1.82, 2.24) is 19.7 Å². The van der Waals surface area contributed by atoms with Crippen LogP contribution in [0.3, 0.4) is 0 Å². The average Bonchev–Trinajstić information content (AvgIpc) is 2.91. The van der Waals surface area contributed by atoms with Crippen LogP contribution in [0.4, 0.5) is 0 Å². The van der Waals surface area contributed by atoms with Gasteiger partial charge < -0.3 is 14.7 Å². The molecule has 154 valence electrons. The van der Waals surface area contributed by atoms with Crippen molar-refractivity contribution in [3.63, 3.8) is 0 Å². The van der Waals surface area contributed by atoms with E-state index < -0.39 is 0 Å². The molecule has 0 aliphatic carbocycles. The van der Waals surface area contributed by atoms with Crippen LogP contribution in [0.5, 0.6) is 0 Å². The van der Waals surface area contributed by atoms with Crippen LogP contribution in [0.15, 0.2) is 48.7 Å². The van der Waals surface area contributed by atoms with Crippen LogP contribution >= 0.6 is 0 Å². The number of carbonyl (C=O) groups is 2. The molecule has 0 saturated carbocycles. The lowest BCUT2D eigenvalue weighted by atomic mass is 9.95. The molecular formula is C23H30N4O2. The summed E-state index contributed by atoms with van der Waals surface area (Å²) in [4.78, 5) is 35.0. The maximum absolute atomic E-state index is 12.7. The normalized spacial score (nSPS) is 17.9. The molecule has 1 fully saturated rings. The summed E-state index contributed by atoms with van der Waals surface area (Å²) in [6, 6.07) is 10.2. The Morgan fingerprint density at radius 1 is 1.14 bits per heavy atom. The third-order valence-electron chi connectivity index (χ3n) is 5.33. The van der Waals surface area contributed by atoms with Gasteiger partial charge in [0.05, 0.1) is 5.52 Å². The molecule has 0 spiro atoms. The lowest BCUT2D eigenvalue weighted by Crippen LogP contribution is -2.35. The van der Waals surface area contributed by atoms with Gasteiger partial charge in [0, 0.05) is 57.3 Å². The highest BCUT2D eigenvalue weighted by molar-refractivity contribution is 5.87. The molecule has 1 saturated heterocycles. The average molecular weight is 395 g/mol. The smallest absolute Gasteiger partial charge is 0.246 e. The van der Waals surface area contributed by atoms with Crippen molar-refractivity contribution in [3.05, 3.63) is 54.2 Å². The molecule has 6 nitrogen and oxygen atoms in total. The number of fused-ring (bicyclic) bond motifs is 1. The predicted molar refractivity (Wildman–Crippen MR) is 115 cm³/mol. The van der Waals surface area contributed by atoms with Crippen LogP contribution in [0.25, 0.3) is 10.9 Å². The zero-order valence-corrected chi connectivity index (χ0v) is 17.5. The van der Waals surface area contributed by atoms with Crippen LogP contribution < -0.4 is 0 Å². The molecule has 2 aromatic rings. The summed E-state index contributed by atoms with van der Waals surface area (Å²) in [5.74, 6) is 0.257. The molecule has 0 bridgehead atoms. The Morgan fingerprint density at radius 2 is 1.90 bits per heavy atom. The van der Waals surface area contributed by atoms with Gasteiger partial charge in [0.25, 0.3) is 0 Å². The van der Waals surface area contributed by atoms with E-state index in [4.69, 9.17) is 0 Å². The van der Waals surface area contributed by atoms with Crippen molar-refractivity contribution in [2.45, 2.75) is 13.3 Å². The second-order valence-corrected chi connectivity index (χ2v) is 7.97. The van der Waals surface area contributed by atoms with Crippen LogP contribution in [-0.4, -0.2) is 78.3 Å². The quantitative estimate of drug-likeness (QED) is 0.730. The summed E-state index contributed by atoms with van der Waals surface area (Å²) in [5, 5.41) is 1.14. The summed E-state index contributed by atoms with van der Waals surface area (Å²) in [6.07, 6.45) is 6.15. The molecule has 0 radical (unpaired) electrons. The van der Waals surface area contributed by atoms with Gasteiger partial charge in [-0.05, 0) is 44.1 Å². The molecule has 29 heavy (non-hydrogen) atoms. The molecule has 3 rings (SSSR count). The monoisotopic (exact) mass is 394 g/mol. The Bertz CT molecular complexity index is 888. The highest BCUT2D eigenvalue weighted by atomic mass is 16.2. The molecule has 0 N–H and O–H groups in total. The fraction of sp³-hybridized carbons (Fsp3) is 0.435. The fourth-order valence-corrected chi connectivity index (χ4v) is 3.85. The zero-order valence-electron chi connectivity index (χ0n) is 17.5. The zero-order chi connectivity index (χ0) is 20.8. The second-order valence-electron chi connectivity index (χ2n) is 7.97. The first-order valence-electron chi connectivity index (χ1n) is 10.1. The Kier molecular flexibility index (Phi) is 6.99. The summed E-state index contributed by atoms with van der Waals surface area (Å²) >= 11 is 0. The standard InChI is InChI=1S/C23H30N4O2/c1-18(28)26-13-14-27(23(29)10-6-12-25(2)3)17-19(16-26)15-20-7-4-9-22-21(20)8-5-11-24-22/h4-11,19H,12-17H2,1-3H3/b10-6+. The molecule has 1 atom stereocenters. The number of amides is 2. The largest absolute Gasteiger partial charge is 0.341 e. The van der Waals surface area contributed by atoms with Gasteiger partial charge in [0.15, 0.2) is 0 Å². The fourth-order valence-electron chi connectivity index (χ4n) is 3.85. The molecule has 1 aromatic heterocycles. The number of nitrogens with zero attached hydrogens (tertiary/aromatic N) is 4. The minimum atomic E-state index is 0.0156. The van der Waals surface area contributed by atoms with Crippen molar-refractivity contribution >= 4 is 22.7 Å². The van der Waals surface area contributed by atoms with Crippen LogP contribution in [0, 0.1) is 5.92 Å². The number of rotatable bonds is 5. The van der Waals surface area contributed by atoms with Crippen LogP contribution in [0.1, 0.15) is 12.5 Å². The van der Waals surface area contributed by atoms with Crippen molar-refractivity contribution in [2.24, 2.45) is 5.92 Å². The first kappa shape index (κ1) is 21.0. The lowest BCUT2D eigenvalue weighted by molar-refractivity contribution is -0.130. The Morgan fingerprint density at radius 3 is 2.66 bits per heavy atom. The van der Waals surface area contributed by atoms with Crippen molar-refractivity contribution < 1.29 is 9.59 Å². The molecule has 6 heteroatoms. The van der Waals surface area contributed by atoms with Gasteiger partial charge in [0.1, 0.15) is 0 Å². The van der Waals surface area contributed by atoms with Gasteiger partial charge >= 0.3 is 0 Å². The Balaban J connectivity index is 1.79. The van der Waals surface area contributed by atoms with Crippen molar-refractivity contribution in [2.75, 3.05) is 46.8 Å². The SMILES string of the molecule is CC(=O)N1CCN(C(=O)/C=C/CN(C)C)CC(Cc2cccc3ncccc23)C1. The number of carbonyl (C=O) groups excluding carboxylic acids is 2. The maximum Gasteiger partial charge on any atom is 0.246 e. The topological polar surface area (TPSA) is 56.8 Å². The number of hydrogen-bond donors (Lipinski definition) is 0. The van der Waals surface area contributed by atoms with Gasteiger partial charge in [-0.2, -0.15) is 0 Å². The Labute approximate surface area is 172 Å². The molecule has 1 aliphatic heterocycles. The van der Waals surface area contributed by atoms with E-state index in [1.54, 1.807) is 19.2 Å². The minimum Gasteiger partial charge on any atom is -0.341 e. The Hall–Kier alpha value is -2.73. The summed E-state index contributed by atoms with van der Waals surface area (Å²) in [6.45, 7) is 4.79. The van der Waals surface area contributed by atoms with E-state index >= 15 is 0 Å². The van der Waals surface area contributed by atoms with Crippen molar-refractivity contribution in [3.8, 4) is 0 Å². The predicted octanol–water partition coefficient (Wildman–Crippen LogP) is 2.20. The first-order chi connectivity index (χ1) is 13.9. The first-order valence-corrected chi connectivity index (χ1v) is 10.1. The van der Waals surface area contributed by atoms with Crippen molar-refractivity contribution in [1.29, 1.82) is 0 Å². The summed E-state index contributed by atoms with van der Waals surface area (Å²) in [5.41, 5.74) is 2.18. The van der Waals surface area contributed by atoms with E-state index in [0.717, 1.165) is 23.9 Å². The number of likely N-dealkylation sites (N-methyl/N-ethyl adjacent to an activating group) is 1. The highest BCUT2D eigenvalue weighted by Gasteiger charge is 2.26. The van der Waals surface area contributed by atoms with Gasteiger partial charge in [-0.3, -0.25) is 14.6 Å². The maximum atomic E-state index is 12.7. The van der Waals surface area contributed by atoms with E-state index in [9.17, 15) is 9.59 Å². The molecule has 1 aromatic carbocycles. The van der Waals surface area contributed by atoms with Gasteiger partial charge in [0.2, 0.25) is 11.8 Å². The summed E-state index contributed by atoms with van der Waals surface area (Å²) in [7, 11) is 3.95. The highest BCUT2D eigenvalue weighted by Crippen LogP contribution is 2.22. The van der Waals surface area contributed by atoms with Gasteiger partial charge in [-0.25, -0.2) is 0 Å². The molecule has 1 aliphatic rings. The van der Waals surface area contributed by atoms with Gasteiger partial charge in [-0.1, -0.05) is 24.3 Å². The van der Waals surface area contributed by atoms with E-state index in [0.29, 0.717) is 26.2 Å². The van der Waals surface area contributed by atoms with Gasteiger partial charge in [-0.15, -0.1) is 0 Å². The number of aromatic nitrogens is 1. The van der Waals surface area contributed by atoms with Crippen LogP contribution in [0.2, 0.25) is 0 Å². The molecular weight excluding hydrogens is 364 g/mol. The minimum absolute atomic E-state index is 0.0156. The van der Waals surface area contributed by atoms with E-state index in [2.05, 4.69) is 17.1 Å². The lowest BCUT2D eigenvalue weighted by Gasteiger charge is -2.24. The number of hydrogen-bond acceptors (Lipinski definition) is 4. The molecule has 2 amide bonds. The summed E-state index contributed by atoms with van der Waals surface area (Å²) < 4.78 is 0. The number of benzene rings is 1. The molecule has 1 unspecified atom stereocenters. The van der Waals surface area contributed by atoms with E-state index in [1.807, 2.05) is 53.1 Å². The van der Waals surface area contributed by atoms with E-state index in [1.165, 1.54) is 5.56 Å². The second kappa shape index (κ2) is 9.65. The third kappa shape index (κ3) is 5.64. The third-order valence-corrected chi connectivity index (χ3v) is 5.33. The number of pyridine rings is 1. The van der Waals surface area contributed by atoms with Crippen LogP contribution in [-0.2, 0) is 16.0 Å².